The van der Waals surface area contributed by atoms with Crippen LogP contribution in [0.2, 0.25) is 0 Å². The van der Waals surface area contributed by atoms with Gasteiger partial charge in [0.2, 0.25) is 0 Å². The Bertz CT molecular complexity index is 399. The van der Waals surface area contributed by atoms with Gasteiger partial charge in [-0.15, -0.1) is 0 Å². The van der Waals surface area contributed by atoms with Gasteiger partial charge in [-0.25, -0.2) is 0 Å². The fourth-order valence-corrected chi connectivity index (χ4v) is 3.06. The Morgan fingerprint density at radius 1 is 1.29 bits per heavy atom. The summed E-state index contributed by atoms with van der Waals surface area (Å²) in [5, 5.41) is 3.42. The Morgan fingerprint density at radius 2 is 2.12 bits per heavy atom. The number of piperazine rings is 1. The predicted octanol–water partition coefficient (Wildman–Crippen LogP) is 1.59. The second-order valence-corrected chi connectivity index (χ2v) is 4.91. The lowest BCUT2D eigenvalue weighted by molar-refractivity contribution is 0.173. The van der Waals surface area contributed by atoms with Gasteiger partial charge >= 0.3 is 0 Å². The summed E-state index contributed by atoms with van der Waals surface area (Å²) < 4.78 is 5.34. The molecule has 3 heteroatoms. The molecular weight excluding hydrogens is 212 g/mol. The van der Waals surface area contributed by atoms with Gasteiger partial charge in [-0.05, 0) is 36.1 Å². The highest BCUT2D eigenvalue weighted by molar-refractivity contribution is 5.40. The van der Waals surface area contributed by atoms with Crippen molar-refractivity contribution < 1.29 is 4.74 Å². The molecule has 0 aromatic heterocycles. The summed E-state index contributed by atoms with van der Waals surface area (Å²) in [5.74, 6) is 0.991. The normalized spacial score (nSPS) is 24.6. The maximum atomic E-state index is 5.34. The van der Waals surface area contributed by atoms with Crippen molar-refractivity contribution in [3.05, 3.63) is 29.3 Å². The third kappa shape index (κ3) is 2.05. The Morgan fingerprint density at radius 3 is 2.88 bits per heavy atom. The molecule has 0 radical (unpaired) electrons. The lowest BCUT2D eigenvalue weighted by atomic mass is 10.1. The molecule has 3 nitrogen and oxygen atoms in total. The molecule has 1 N–H and O–H groups in total. The van der Waals surface area contributed by atoms with Crippen LogP contribution in [0.15, 0.2) is 18.2 Å². The standard InChI is InChI=1S/C14H20N2O/c1-17-12-4-2-11-3-5-14(13(11)10-12)16-8-6-15-7-9-16/h2,4,10,14-15H,3,5-9H2,1H3/t14-/m0/s1. The van der Waals surface area contributed by atoms with Gasteiger partial charge in [0, 0.05) is 32.2 Å². The number of fused-ring (bicyclic) bond motifs is 1. The van der Waals surface area contributed by atoms with Gasteiger partial charge in [-0.1, -0.05) is 6.07 Å². The lowest BCUT2D eigenvalue weighted by Gasteiger charge is -2.33. The Labute approximate surface area is 103 Å². The largest absolute Gasteiger partial charge is 0.497 e. The molecule has 1 aromatic carbocycles. The average molecular weight is 232 g/mol. The number of ether oxygens (including phenoxy) is 1. The number of hydrogen-bond donors (Lipinski definition) is 1. The van der Waals surface area contributed by atoms with Gasteiger partial charge in [-0.2, -0.15) is 0 Å². The molecule has 1 aliphatic heterocycles. The molecular formula is C14H20N2O. The Balaban J connectivity index is 1.85. The number of rotatable bonds is 2. The van der Waals surface area contributed by atoms with E-state index in [1.807, 2.05) is 0 Å². The van der Waals surface area contributed by atoms with E-state index in [-0.39, 0.29) is 0 Å². The third-order valence-corrected chi connectivity index (χ3v) is 3.99. The van der Waals surface area contributed by atoms with Crippen LogP contribution in [0.5, 0.6) is 5.75 Å². The second-order valence-electron chi connectivity index (χ2n) is 4.91. The molecule has 0 spiro atoms. The molecule has 1 aromatic rings. The number of aryl methyl sites for hydroxylation is 1. The summed E-state index contributed by atoms with van der Waals surface area (Å²) in [5.41, 5.74) is 3.00. The summed E-state index contributed by atoms with van der Waals surface area (Å²) in [6.07, 6.45) is 2.48. The van der Waals surface area contributed by atoms with Crippen LogP contribution in [-0.2, 0) is 6.42 Å². The average Bonchev–Trinajstić information content (AvgIpc) is 2.82. The summed E-state index contributed by atoms with van der Waals surface area (Å²) in [6.45, 7) is 4.58. The van der Waals surface area contributed by atoms with Crippen molar-refractivity contribution in [3.8, 4) is 5.75 Å². The zero-order chi connectivity index (χ0) is 11.7. The molecule has 1 saturated heterocycles. The first kappa shape index (κ1) is 11.1. The minimum Gasteiger partial charge on any atom is -0.497 e. The van der Waals surface area contributed by atoms with Gasteiger partial charge in [0.1, 0.15) is 5.75 Å². The highest BCUT2D eigenvalue weighted by atomic mass is 16.5. The third-order valence-electron chi connectivity index (χ3n) is 3.99. The van der Waals surface area contributed by atoms with Crippen molar-refractivity contribution in [2.45, 2.75) is 18.9 Å². The first-order valence-corrected chi connectivity index (χ1v) is 6.50. The zero-order valence-corrected chi connectivity index (χ0v) is 10.4. The van der Waals surface area contributed by atoms with E-state index in [0.29, 0.717) is 6.04 Å². The highest BCUT2D eigenvalue weighted by Gasteiger charge is 2.28. The molecule has 0 unspecified atom stereocenters. The Hall–Kier alpha value is -1.06. The second kappa shape index (κ2) is 4.67. The van der Waals surface area contributed by atoms with Crippen molar-refractivity contribution in [1.82, 2.24) is 10.2 Å². The SMILES string of the molecule is COc1ccc2c(c1)[C@@H](N1CCNCC1)CC2. The minimum absolute atomic E-state index is 0.613. The molecule has 1 fully saturated rings. The number of hydrogen-bond acceptors (Lipinski definition) is 3. The summed E-state index contributed by atoms with van der Waals surface area (Å²) in [6, 6.07) is 7.16. The minimum atomic E-state index is 0.613. The van der Waals surface area contributed by atoms with Crippen LogP contribution in [0.4, 0.5) is 0 Å². The van der Waals surface area contributed by atoms with E-state index in [4.69, 9.17) is 4.74 Å². The Kier molecular flexibility index (Phi) is 3.04. The molecule has 1 atom stereocenters. The van der Waals surface area contributed by atoms with Crippen LogP contribution in [0.3, 0.4) is 0 Å². The molecule has 0 bridgehead atoms. The summed E-state index contributed by atoms with van der Waals surface area (Å²) >= 11 is 0. The smallest absolute Gasteiger partial charge is 0.119 e. The molecule has 92 valence electrons. The summed E-state index contributed by atoms with van der Waals surface area (Å²) in [4.78, 5) is 2.61. The van der Waals surface area contributed by atoms with Gasteiger partial charge in [0.05, 0.1) is 7.11 Å². The van der Waals surface area contributed by atoms with E-state index in [9.17, 15) is 0 Å². The van der Waals surface area contributed by atoms with E-state index < -0.39 is 0 Å². The van der Waals surface area contributed by atoms with Crippen LogP contribution in [0.25, 0.3) is 0 Å². The zero-order valence-electron chi connectivity index (χ0n) is 10.4. The van der Waals surface area contributed by atoms with Crippen molar-refractivity contribution >= 4 is 0 Å². The van der Waals surface area contributed by atoms with Crippen LogP contribution in [-0.4, -0.2) is 38.2 Å². The molecule has 0 saturated carbocycles. The molecule has 2 aliphatic rings. The van der Waals surface area contributed by atoms with Crippen LogP contribution >= 0.6 is 0 Å². The maximum absolute atomic E-state index is 5.34. The highest BCUT2D eigenvalue weighted by Crippen LogP contribution is 2.37. The van der Waals surface area contributed by atoms with Crippen molar-refractivity contribution in [2.75, 3.05) is 33.3 Å². The van der Waals surface area contributed by atoms with Crippen molar-refractivity contribution in [1.29, 1.82) is 0 Å². The molecule has 3 rings (SSSR count). The quantitative estimate of drug-likeness (QED) is 0.838. The maximum Gasteiger partial charge on any atom is 0.119 e. The fraction of sp³-hybridized carbons (Fsp3) is 0.571. The first-order valence-electron chi connectivity index (χ1n) is 6.50. The van der Waals surface area contributed by atoms with E-state index in [2.05, 4.69) is 28.4 Å². The first-order chi connectivity index (χ1) is 8.38. The number of benzene rings is 1. The molecule has 1 heterocycles. The van der Waals surface area contributed by atoms with Gasteiger partial charge in [-0.3, -0.25) is 4.90 Å². The van der Waals surface area contributed by atoms with Gasteiger partial charge in [0.25, 0.3) is 0 Å². The topological polar surface area (TPSA) is 24.5 Å². The molecule has 1 aliphatic carbocycles. The van der Waals surface area contributed by atoms with Crippen molar-refractivity contribution in [2.24, 2.45) is 0 Å². The lowest BCUT2D eigenvalue weighted by Crippen LogP contribution is -2.44. The van der Waals surface area contributed by atoms with Crippen molar-refractivity contribution in [3.63, 3.8) is 0 Å². The summed E-state index contributed by atoms with van der Waals surface area (Å²) in [7, 11) is 1.75. The van der Waals surface area contributed by atoms with Crippen LogP contribution in [0, 0.1) is 0 Å². The number of nitrogens with one attached hydrogen (secondary N) is 1. The van der Waals surface area contributed by atoms with E-state index in [1.54, 1.807) is 7.11 Å². The number of nitrogens with zero attached hydrogens (tertiary/aromatic N) is 1. The molecule has 0 amide bonds. The monoisotopic (exact) mass is 232 g/mol. The van der Waals surface area contributed by atoms with Crippen LogP contribution in [0.1, 0.15) is 23.6 Å². The van der Waals surface area contributed by atoms with Gasteiger partial charge in [0.15, 0.2) is 0 Å². The van der Waals surface area contributed by atoms with E-state index in [1.165, 1.54) is 37.1 Å². The van der Waals surface area contributed by atoms with E-state index in [0.717, 1.165) is 18.8 Å². The molecule has 17 heavy (non-hydrogen) atoms. The predicted molar refractivity (Wildman–Crippen MR) is 68.5 cm³/mol. The van der Waals surface area contributed by atoms with Gasteiger partial charge < -0.3 is 10.1 Å². The fourth-order valence-electron chi connectivity index (χ4n) is 3.06. The van der Waals surface area contributed by atoms with E-state index >= 15 is 0 Å². The number of methoxy groups -OCH3 is 1. The van der Waals surface area contributed by atoms with Crippen LogP contribution < -0.4 is 10.1 Å².